The van der Waals surface area contributed by atoms with Crippen LogP contribution in [0.3, 0.4) is 0 Å². The first-order valence-corrected chi connectivity index (χ1v) is 6.27. The maximum Gasteiger partial charge on any atom is 0.226 e. The monoisotopic (exact) mass is 268 g/mol. The number of likely N-dealkylation sites (N-methyl/N-ethyl adjacent to an activating group) is 1. The second kappa shape index (κ2) is 7.09. The van der Waals surface area contributed by atoms with Gasteiger partial charge in [-0.3, -0.25) is 4.79 Å². The number of hydrogen-bond acceptors (Lipinski definition) is 3. The molecule has 0 saturated heterocycles. The van der Waals surface area contributed by atoms with Crippen molar-refractivity contribution < 1.29 is 13.9 Å². The van der Waals surface area contributed by atoms with Crippen LogP contribution >= 0.6 is 0 Å². The maximum absolute atomic E-state index is 13.5. The summed E-state index contributed by atoms with van der Waals surface area (Å²) in [6.07, 6.45) is 0.598. The lowest BCUT2D eigenvalue weighted by molar-refractivity contribution is -0.133. The minimum atomic E-state index is -0.385. The van der Waals surface area contributed by atoms with Crippen molar-refractivity contribution in [3.8, 4) is 5.75 Å². The fraction of sp³-hybridized carbons (Fsp3) is 0.500. The number of nitrogens with two attached hydrogens (primary N) is 1. The maximum atomic E-state index is 13.5. The molecule has 0 bridgehead atoms. The molecular formula is C14H21FN2O2. The minimum Gasteiger partial charge on any atom is -0.494 e. The van der Waals surface area contributed by atoms with E-state index in [9.17, 15) is 9.18 Å². The van der Waals surface area contributed by atoms with E-state index < -0.39 is 0 Å². The molecule has 0 spiro atoms. The van der Waals surface area contributed by atoms with Crippen LogP contribution in [0, 0.1) is 11.7 Å². The number of halogens is 1. The molecule has 1 atom stereocenters. The number of methoxy groups -OCH3 is 1. The average Bonchev–Trinajstić information content (AvgIpc) is 2.43. The van der Waals surface area contributed by atoms with Gasteiger partial charge in [-0.05, 0) is 24.1 Å². The number of hydrogen-bond donors (Lipinski definition) is 1. The number of rotatable bonds is 6. The Labute approximate surface area is 113 Å². The average molecular weight is 268 g/mol. The van der Waals surface area contributed by atoms with Crippen LogP contribution in [0.25, 0.3) is 0 Å². The van der Waals surface area contributed by atoms with Crippen LogP contribution in [0.15, 0.2) is 18.2 Å². The molecule has 1 rings (SSSR count). The first-order valence-electron chi connectivity index (χ1n) is 6.27. The van der Waals surface area contributed by atoms with Gasteiger partial charge >= 0.3 is 0 Å². The van der Waals surface area contributed by atoms with Gasteiger partial charge in [-0.15, -0.1) is 0 Å². The molecule has 2 N–H and O–H groups in total. The Balaban J connectivity index is 2.57. The highest BCUT2D eigenvalue weighted by atomic mass is 19.1. The standard InChI is InChI=1S/C14H21FN2O2/c1-10(9-16)14(18)17(2)7-6-11-4-5-13(19-3)12(15)8-11/h4-5,8,10H,6-7,9,16H2,1-3H3. The van der Waals surface area contributed by atoms with E-state index in [2.05, 4.69) is 0 Å². The Hall–Kier alpha value is -1.62. The van der Waals surface area contributed by atoms with Gasteiger partial charge in [0.2, 0.25) is 5.91 Å². The molecule has 0 aliphatic rings. The lowest BCUT2D eigenvalue weighted by atomic mass is 10.1. The zero-order chi connectivity index (χ0) is 14.4. The van der Waals surface area contributed by atoms with Gasteiger partial charge in [0.25, 0.3) is 0 Å². The number of amides is 1. The number of carbonyl (C=O) groups is 1. The van der Waals surface area contributed by atoms with Gasteiger partial charge in [0.05, 0.1) is 7.11 Å². The second-order valence-electron chi connectivity index (χ2n) is 4.62. The predicted molar refractivity (Wildman–Crippen MR) is 72.5 cm³/mol. The SMILES string of the molecule is COc1ccc(CCN(C)C(=O)C(C)CN)cc1F. The van der Waals surface area contributed by atoms with E-state index in [1.165, 1.54) is 13.2 Å². The Morgan fingerprint density at radius 3 is 2.74 bits per heavy atom. The van der Waals surface area contributed by atoms with Gasteiger partial charge in [-0.1, -0.05) is 13.0 Å². The van der Waals surface area contributed by atoms with E-state index in [0.29, 0.717) is 19.5 Å². The summed E-state index contributed by atoms with van der Waals surface area (Å²) in [6, 6.07) is 4.82. The zero-order valence-corrected chi connectivity index (χ0v) is 11.6. The molecule has 0 saturated carbocycles. The third kappa shape index (κ3) is 4.21. The van der Waals surface area contributed by atoms with Crippen molar-refractivity contribution in [3.05, 3.63) is 29.6 Å². The summed E-state index contributed by atoms with van der Waals surface area (Å²) in [5.74, 6) is -0.330. The van der Waals surface area contributed by atoms with Crippen LogP contribution in [0.5, 0.6) is 5.75 Å². The summed E-state index contributed by atoms with van der Waals surface area (Å²) >= 11 is 0. The molecule has 19 heavy (non-hydrogen) atoms. The van der Waals surface area contributed by atoms with Gasteiger partial charge in [-0.2, -0.15) is 0 Å². The zero-order valence-electron chi connectivity index (χ0n) is 11.6. The van der Waals surface area contributed by atoms with Gasteiger partial charge in [-0.25, -0.2) is 4.39 Å². The molecule has 5 heteroatoms. The van der Waals surface area contributed by atoms with Gasteiger partial charge in [0.1, 0.15) is 0 Å². The number of nitrogens with zero attached hydrogens (tertiary/aromatic N) is 1. The normalized spacial score (nSPS) is 12.1. The number of ether oxygens (including phenoxy) is 1. The lowest BCUT2D eigenvalue weighted by Crippen LogP contribution is -2.36. The molecule has 0 aliphatic carbocycles. The van der Waals surface area contributed by atoms with E-state index in [4.69, 9.17) is 10.5 Å². The largest absolute Gasteiger partial charge is 0.494 e. The number of benzene rings is 1. The molecule has 1 aromatic carbocycles. The molecule has 1 amide bonds. The van der Waals surface area contributed by atoms with Crippen molar-refractivity contribution in [2.75, 3.05) is 27.2 Å². The quantitative estimate of drug-likeness (QED) is 0.849. The summed E-state index contributed by atoms with van der Waals surface area (Å²) in [4.78, 5) is 13.4. The van der Waals surface area contributed by atoms with Crippen molar-refractivity contribution in [1.82, 2.24) is 4.90 Å². The van der Waals surface area contributed by atoms with Crippen LogP contribution in [-0.4, -0.2) is 38.1 Å². The van der Waals surface area contributed by atoms with E-state index in [-0.39, 0.29) is 23.4 Å². The minimum absolute atomic E-state index is 0.0106. The fourth-order valence-corrected chi connectivity index (χ4v) is 1.75. The van der Waals surface area contributed by atoms with Crippen molar-refractivity contribution in [1.29, 1.82) is 0 Å². The number of carbonyl (C=O) groups excluding carboxylic acids is 1. The second-order valence-corrected chi connectivity index (χ2v) is 4.62. The lowest BCUT2D eigenvalue weighted by Gasteiger charge is -2.20. The summed E-state index contributed by atoms with van der Waals surface area (Å²) in [6.45, 7) is 2.67. The summed E-state index contributed by atoms with van der Waals surface area (Å²) in [7, 11) is 3.16. The third-order valence-corrected chi connectivity index (χ3v) is 3.10. The molecule has 0 aliphatic heterocycles. The van der Waals surface area contributed by atoms with E-state index in [0.717, 1.165) is 5.56 Å². The molecule has 0 radical (unpaired) electrons. The molecular weight excluding hydrogens is 247 g/mol. The molecule has 1 unspecified atom stereocenters. The summed E-state index contributed by atoms with van der Waals surface area (Å²) in [5, 5.41) is 0. The van der Waals surface area contributed by atoms with Crippen LogP contribution < -0.4 is 10.5 Å². The van der Waals surface area contributed by atoms with Crippen LogP contribution in [-0.2, 0) is 11.2 Å². The van der Waals surface area contributed by atoms with Crippen molar-refractivity contribution in [3.63, 3.8) is 0 Å². The Morgan fingerprint density at radius 1 is 1.53 bits per heavy atom. The van der Waals surface area contributed by atoms with Crippen molar-refractivity contribution >= 4 is 5.91 Å². The van der Waals surface area contributed by atoms with Gasteiger partial charge in [0.15, 0.2) is 11.6 Å². The van der Waals surface area contributed by atoms with Crippen molar-refractivity contribution in [2.24, 2.45) is 11.7 Å². The summed E-state index contributed by atoms with van der Waals surface area (Å²) in [5.41, 5.74) is 6.29. The molecule has 106 valence electrons. The van der Waals surface area contributed by atoms with E-state index in [1.54, 1.807) is 31.0 Å². The van der Waals surface area contributed by atoms with Gasteiger partial charge < -0.3 is 15.4 Å². The Morgan fingerprint density at radius 2 is 2.21 bits per heavy atom. The predicted octanol–water partition coefficient (Wildman–Crippen LogP) is 1.43. The van der Waals surface area contributed by atoms with Crippen LogP contribution in [0.4, 0.5) is 4.39 Å². The molecule has 1 aromatic rings. The molecule has 0 aromatic heterocycles. The van der Waals surface area contributed by atoms with E-state index in [1.807, 2.05) is 0 Å². The Kier molecular flexibility index (Phi) is 5.76. The first-order chi connectivity index (χ1) is 8.99. The highest BCUT2D eigenvalue weighted by Crippen LogP contribution is 2.18. The van der Waals surface area contributed by atoms with Gasteiger partial charge in [0, 0.05) is 26.1 Å². The third-order valence-electron chi connectivity index (χ3n) is 3.10. The summed E-state index contributed by atoms with van der Waals surface area (Å²) < 4.78 is 18.4. The highest BCUT2D eigenvalue weighted by molar-refractivity contribution is 5.78. The first kappa shape index (κ1) is 15.4. The molecule has 4 nitrogen and oxygen atoms in total. The van der Waals surface area contributed by atoms with Crippen LogP contribution in [0.2, 0.25) is 0 Å². The topological polar surface area (TPSA) is 55.6 Å². The smallest absolute Gasteiger partial charge is 0.226 e. The molecule has 0 fully saturated rings. The fourth-order valence-electron chi connectivity index (χ4n) is 1.75. The Bertz CT molecular complexity index is 437. The van der Waals surface area contributed by atoms with E-state index >= 15 is 0 Å². The van der Waals surface area contributed by atoms with Crippen molar-refractivity contribution in [2.45, 2.75) is 13.3 Å². The highest BCUT2D eigenvalue weighted by Gasteiger charge is 2.15. The van der Waals surface area contributed by atoms with Crippen LogP contribution in [0.1, 0.15) is 12.5 Å². The molecule has 0 heterocycles.